The molecular formula is C24H20BrN3O5S. The topological polar surface area (TPSA) is 99.6 Å². The zero-order valence-electron chi connectivity index (χ0n) is 18.0. The molecular weight excluding hydrogens is 522 g/mol. The number of rotatable bonds is 9. The lowest BCUT2D eigenvalue weighted by molar-refractivity contribution is 0.294. The third-order valence-electron chi connectivity index (χ3n) is 4.59. The Morgan fingerprint density at radius 1 is 0.912 bits per heavy atom. The van der Waals surface area contributed by atoms with Gasteiger partial charge in [0.2, 0.25) is 5.82 Å². The van der Waals surface area contributed by atoms with Crippen LogP contribution < -0.4 is 18.9 Å². The van der Waals surface area contributed by atoms with Crippen molar-refractivity contribution in [2.75, 3.05) is 11.8 Å². The number of hydrogen-bond donors (Lipinski definition) is 1. The molecule has 174 valence electrons. The monoisotopic (exact) mass is 541 g/mol. The van der Waals surface area contributed by atoms with Crippen LogP contribution in [0.2, 0.25) is 0 Å². The summed E-state index contributed by atoms with van der Waals surface area (Å²) in [5.41, 5.74) is 0.906. The van der Waals surface area contributed by atoms with Crippen LogP contribution in [0.4, 0.5) is 5.82 Å². The third-order valence-corrected chi connectivity index (χ3v) is 6.33. The maximum Gasteiger partial charge on any atom is 0.263 e. The van der Waals surface area contributed by atoms with E-state index in [1.165, 1.54) is 18.3 Å². The van der Waals surface area contributed by atoms with Crippen molar-refractivity contribution in [1.29, 1.82) is 0 Å². The largest absolute Gasteiger partial charge is 0.493 e. The number of aromatic nitrogens is 2. The number of nitrogens with zero attached hydrogens (tertiary/aromatic N) is 2. The average molecular weight is 542 g/mol. The Hall–Kier alpha value is -3.63. The third kappa shape index (κ3) is 5.83. The summed E-state index contributed by atoms with van der Waals surface area (Å²) in [7, 11) is -2.41. The van der Waals surface area contributed by atoms with E-state index in [1.54, 1.807) is 31.4 Å². The van der Waals surface area contributed by atoms with E-state index in [-0.39, 0.29) is 23.2 Å². The van der Waals surface area contributed by atoms with Crippen LogP contribution in [0.3, 0.4) is 0 Å². The van der Waals surface area contributed by atoms with E-state index in [0.717, 1.165) is 5.56 Å². The van der Waals surface area contributed by atoms with Gasteiger partial charge in [0.25, 0.3) is 15.9 Å². The second kappa shape index (κ2) is 10.5. The van der Waals surface area contributed by atoms with E-state index in [9.17, 15) is 8.42 Å². The number of halogens is 1. The molecule has 0 saturated heterocycles. The first-order valence-electron chi connectivity index (χ1n) is 10.1. The quantitative estimate of drug-likeness (QED) is 0.302. The summed E-state index contributed by atoms with van der Waals surface area (Å²) < 4.78 is 45.6. The molecule has 0 aliphatic rings. The van der Waals surface area contributed by atoms with Crippen LogP contribution in [-0.4, -0.2) is 25.5 Å². The summed E-state index contributed by atoms with van der Waals surface area (Å²) in [5.74, 6) is 1.58. The predicted molar refractivity (Wildman–Crippen MR) is 131 cm³/mol. The zero-order chi connectivity index (χ0) is 24.0. The second-order valence-corrected chi connectivity index (χ2v) is 9.45. The van der Waals surface area contributed by atoms with Crippen LogP contribution >= 0.6 is 15.9 Å². The van der Waals surface area contributed by atoms with Gasteiger partial charge in [-0.15, -0.1) is 0 Å². The molecule has 4 rings (SSSR count). The minimum atomic E-state index is -3.96. The van der Waals surface area contributed by atoms with E-state index in [2.05, 4.69) is 30.6 Å². The molecule has 0 aliphatic carbocycles. The Labute approximate surface area is 205 Å². The van der Waals surface area contributed by atoms with Crippen LogP contribution in [0.5, 0.6) is 23.1 Å². The molecule has 0 amide bonds. The van der Waals surface area contributed by atoms with Gasteiger partial charge in [-0.1, -0.05) is 42.5 Å². The van der Waals surface area contributed by atoms with Crippen LogP contribution in [0.15, 0.2) is 94.6 Å². The van der Waals surface area contributed by atoms with E-state index < -0.39 is 10.0 Å². The van der Waals surface area contributed by atoms with Crippen molar-refractivity contribution in [1.82, 2.24) is 9.97 Å². The second-order valence-electron chi connectivity index (χ2n) is 6.95. The number of nitrogens with one attached hydrogen (secondary N) is 1. The van der Waals surface area contributed by atoms with E-state index >= 15 is 0 Å². The highest BCUT2D eigenvalue weighted by Crippen LogP contribution is 2.32. The smallest absolute Gasteiger partial charge is 0.263 e. The molecule has 10 heteroatoms. The first-order valence-corrected chi connectivity index (χ1v) is 12.4. The van der Waals surface area contributed by atoms with Gasteiger partial charge in [-0.2, -0.15) is 0 Å². The fourth-order valence-corrected chi connectivity index (χ4v) is 4.22. The molecule has 34 heavy (non-hydrogen) atoms. The van der Waals surface area contributed by atoms with Crippen molar-refractivity contribution < 1.29 is 22.6 Å². The van der Waals surface area contributed by atoms with Crippen molar-refractivity contribution >= 4 is 31.8 Å². The molecule has 4 aromatic rings. The Morgan fingerprint density at radius 2 is 1.59 bits per heavy atom. The Bertz CT molecular complexity index is 1370. The summed E-state index contributed by atoms with van der Waals surface area (Å²) in [6.45, 7) is 0.204. The first kappa shape index (κ1) is 23.5. The molecule has 3 aromatic carbocycles. The maximum atomic E-state index is 13.0. The normalized spacial score (nSPS) is 11.0. The molecule has 0 radical (unpaired) electrons. The molecule has 0 atom stereocenters. The van der Waals surface area contributed by atoms with Crippen LogP contribution in [0, 0.1) is 0 Å². The average Bonchev–Trinajstić information content (AvgIpc) is 2.85. The fourth-order valence-electron chi connectivity index (χ4n) is 2.95. The summed E-state index contributed by atoms with van der Waals surface area (Å²) >= 11 is 3.24. The summed E-state index contributed by atoms with van der Waals surface area (Å²) in [4.78, 5) is 8.37. The highest BCUT2D eigenvalue weighted by Gasteiger charge is 2.19. The maximum absolute atomic E-state index is 13.0. The van der Waals surface area contributed by atoms with Crippen molar-refractivity contribution in [3.05, 3.63) is 95.2 Å². The van der Waals surface area contributed by atoms with Crippen molar-refractivity contribution in [2.24, 2.45) is 0 Å². The van der Waals surface area contributed by atoms with Gasteiger partial charge >= 0.3 is 0 Å². The molecule has 0 spiro atoms. The minimum Gasteiger partial charge on any atom is -0.493 e. The number of benzene rings is 3. The molecule has 0 aliphatic heterocycles. The van der Waals surface area contributed by atoms with Crippen LogP contribution in [0.1, 0.15) is 5.56 Å². The number of methoxy groups -OCH3 is 1. The molecule has 0 bridgehead atoms. The fraction of sp³-hybridized carbons (Fsp3) is 0.0833. The Kier molecular flexibility index (Phi) is 7.29. The number of para-hydroxylation sites is 2. The summed E-state index contributed by atoms with van der Waals surface area (Å²) in [5, 5.41) is 0. The molecule has 8 nitrogen and oxygen atoms in total. The molecule has 0 fully saturated rings. The highest BCUT2D eigenvalue weighted by atomic mass is 79.9. The van der Waals surface area contributed by atoms with Gasteiger partial charge in [0.15, 0.2) is 11.5 Å². The Balaban J connectivity index is 1.50. The standard InChI is InChI=1S/C24H20BrN3O5S/c1-31-20-9-5-6-10-21(20)33-18-11-13-19(14-12-18)34(29,30)28-23-24(27-22(25)15-26-23)32-16-17-7-3-2-4-8-17/h2-15H,16H2,1H3,(H,26,28). The number of hydrogen-bond acceptors (Lipinski definition) is 7. The molecule has 0 saturated carbocycles. The van der Waals surface area contributed by atoms with E-state index in [4.69, 9.17) is 14.2 Å². The van der Waals surface area contributed by atoms with Gasteiger partial charge in [0.05, 0.1) is 18.2 Å². The first-order chi connectivity index (χ1) is 16.4. The van der Waals surface area contributed by atoms with Gasteiger partial charge in [0.1, 0.15) is 17.0 Å². The number of sulfonamides is 1. The lowest BCUT2D eigenvalue weighted by Crippen LogP contribution is -2.15. The zero-order valence-corrected chi connectivity index (χ0v) is 20.4. The summed E-state index contributed by atoms with van der Waals surface area (Å²) in [6.07, 6.45) is 1.39. The van der Waals surface area contributed by atoms with E-state index in [0.29, 0.717) is 21.9 Å². The minimum absolute atomic E-state index is 0.0199. The van der Waals surface area contributed by atoms with Gasteiger partial charge < -0.3 is 14.2 Å². The van der Waals surface area contributed by atoms with Gasteiger partial charge in [0, 0.05) is 0 Å². The molecule has 0 unspecified atom stereocenters. The Morgan fingerprint density at radius 3 is 2.29 bits per heavy atom. The lowest BCUT2D eigenvalue weighted by atomic mass is 10.2. The van der Waals surface area contributed by atoms with Crippen LogP contribution in [0.25, 0.3) is 0 Å². The SMILES string of the molecule is COc1ccccc1Oc1ccc(S(=O)(=O)Nc2ncc(Br)nc2OCc2ccccc2)cc1. The number of anilines is 1. The molecule has 1 N–H and O–H groups in total. The van der Waals surface area contributed by atoms with Crippen LogP contribution in [-0.2, 0) is 16.6 Å². The van der Waals surface area contributed by atoms with Gasteiger partial charge in [-0.25, -0.2) is 18.4 Å². The van der Waals surface area contributed by atoms with E-state index in [1.807, 2.05) is 42.5 Å². The van der Waals surface area contributed by atoms with Crippen molar-refractivity contribution in [2.45, 2.75) is 11.5 Å². The van der Waals surface area contributed by atoms with Gasteiger partial charge in [-0.05, 0) is 57.9 Å². The molecule has 1 heterocycles. The number of ether oxygens (including phenoxy) is 3. The van der Waals surface area contributed by atoms with Crippen molar-refractivity contribution in [3.8, 4) is 23.1 Å². The van der Waals surface area contributed by atoms with Crippen molar-refractivity contribution in [3.63, 3.8) is 0 Å². The molecule has 1 aromatic heterocycles. The predicted octanol–water partition coefficient (Wildman–Crippen LogP) is 5.42. The highest BCUT2D eigenvalue weighted by molar-refractivity contribution is 9.10. The summed E-state index contributed by atoms with van der Waals surface area (Å²) in [6, 6.07) is 22.6. The van der Waals surface area contributed by atoms with Gasteiger partial charge in [-0.3, -0.25) is 4.72 Å². The lowest BCUT2D eigenvalue weighted by Gasteiger charge is -2.13.